The van der Waals surface area contributed by atoms with E-state index in [0.717, 1.165) is 15.4 Å². The second-order valence-corrected chi connectivity index (χ2v) is 13.2. The molecular formula is C34H34Cl2FN3O4S. The van der Waals surface area contributed by atoms with E-state index in [4.69, 9.17) is 23.2 Å². The number of rotatable bonds is 13. The number of hydrogen-bond donors (Lipinski definition) is 1. The Morgan fingerprint density at radius 1 is 0.889 bits per heavy atom. The summed E-state index contributed by atoms with van der Waals surface area (Å²) in [6.45, 7) is 3.05. The maximum absolute atomic E-state index is 15.0. The number of halogens is 3. The van der Waals surface area contributed by atoms with E-state index in [-0.39, 0.29) is 39.2 Å². The van der Waals surface area contributed by atoms with Crippen molar-refractivity contribution < 1.29 is 22.4 Å². The lowest BCUT2D eigenvalue weighted by atomic mass is 10.0. The third kappa shape index (κ3) is 8.42. The number of nitrogens with zero attached hydrogens (tertiary/aromatic N) is 2. The molecule has 4 rings (SSSR count). The Bertz CT molecular complexity index is 1740. The van der Waals surface area contributed by atoms with Crippen molar-refractivity contribution in [1.82, 2.24) is 10.2 Å². The minimum atomic E-state index is -4.37. The Balaban J connectivity index is 1.83. The molecule has 0 aliphatic carbocycles. The Labute approximate surface area is 273 Å². The van der Waals surface area contributed by atoms with E-state index in [1.54, 1.807) is 18.2 Å². The largest absolute Gasteiger partial charge is 0.354 e. The van der Waals surface area contributed by atoms with Gasteiger partial charge in [-0.15, -0.1) is 0 Å². The number of sulfonamides is 1. The maximum atomic E-state index is 15.0. The third-order valence-electron chi connectivity index (χ3n) is 7.21. The van der Waals surface area contributed by atoms with Gasteiger partial charge in [0.15, 0.2) is 0 Å². The van der Waals surface area contributed by atoms with E-state index in [0.29, 0.717) is 13.0 Å². The summed E-state index contributed by atoms with van der Waals surface area (Å²) in [6, 6.07) is 24.6. The highest BCUT2D eigenvalue weighted by atomic mass is 35.5. The fourth-order valence-electron chi connectivity index (χ4n) is 4.77. The molecule has 0 saturated heterocycles. The van der Waals surface area contributed by atoms with Crippen LogP contribution in [-0.4, -0.2) is 44.3 Å². The Morgan fingerprint density at radius 3 is 2.22 bits per heavy atom. The molecule has 11 heteroatoms. The molecule has 0 fully saturated rings. The lowest BCUT2D eigenvalue weighted by Crippen LogP contribution is -2.53. The number of anilines is 1. The molecule has 2 amide bonds. The number of amides is 2. The van der Waals surface area contributed by atoms with Gasteiger partial charge >= 0.3 is 0 Å². The van der Waals surface area contributed by atoms with Crippen LogP contribution in [0.2, 0.25) is 10.0 Å². The highest BCUT2D eigenvalue weighted by molar-refractivity contribution is 7.92. The zero-order valence-electron chi connectivity index (χ0n) is 24.9. The smallest absolute Gasteiger partial charge is 0.264 e. The van der Waals surface area contributed by atoms with Crippen molar-refractivity contribution in [3.05, 3.63) is 130 Å². The van der Waals surface area contributed by atoms with E-state index in [2.05, 4.69) is 5.32 Å². The van der Waals surface area contributed by atoms with E-state index in [1.807, 2.05) is 44.2 Å². The quantitative estimate of drug-likeness (QED) is 0.170. The lowest BCUT2D eigenvalue weighted by Gasteiger charge is -2.34. The lowest BCUT2D eigenvalue weighted by molar-refractivity contribution is -0.140. The molecule has 0 spiro atoms. The summed E-state index contributed by atoms with van der Waals surface area (Å²) in [5, 5.41) is 2.88. The first-order valence-corrected chi connectivity index (χ1v) is 16.6. The molecule has 0 aromatic heterocycles. The van der Waals surface area contributed by atoms with Crippen LogP contribution in [0.15, 0.2) is 102 Å². The number of benzene rings is 4. The summed E-state index contributed by atoms with van der Waals surface area (Å²) < 4.78 is 44.1. The summed E-state index contributed by atoms with van der Waals surface area (Å²) in [5.74, 6) is -1.75. The summed E-state index contributed by atoms with van der Waals surface area (Å²) in [6.07, 6.45) is 0.764. The summed E-state index contributed by atoms with van der Waals surface area (Å²) >= 11 is 12.8. The van der Waals surface area contributed by atoms with Crippen molar-refractivity contribution in [3.8, 4) is 0 Å². The second kappa shape index (κ2) is 15.4. The minimum absolute atomic E-state index is 0.0148. The van der Waals surface area contributed by atoms with Crippen molar-refractivity contribution in [3.63, 3.8) is 0 Å². The zero-order valence-corrected chi connectivity index (χ0v) is 27.2. The zero-order chi connectivity index (χ0) is 32.6. The first kappa shape index (κ1) is 34.0. The van der Waals surface area contributed by atoms with Crippen LogP contribution in [0.25, 0.3) is 0 Å². The third-order valence-corrected chi connectivity index (χ3v) is 9.79. The van der Waals surface area contributed by atoms with E-state index in [9.17, 15) is 22.4 Å². The fraction of sp³-hybridized carbons (Fsp3) is 0.235. The molecule has 0 heterocycles. The van der Waals surface area contributed by atoms with Gasteiger partial charge in [-0.3, -0.25) is 13.9 Å². The Hall–Kier alpha value is -3.92. The summed E-state index contributed by atoms with van der Waals surface area (Å²) in [7, 11) is -4.37. The SMILES string of the molecule is CCCNC(=O)C(Cc1ccccc1)N(Cc1ccccc1F)C(=O)CN(c1cccc(Cl)c1Cl)S(=O)(=O)c1ccc(C)cc1. The number of nitrogens with one attached hydrogen (secondary N) is 1. The van der Waals surface area contributed by atoms with Gasteiger partial charge in [0.25, 0.3) is 10.0 Å². The van der Waals surface area contributed by atoms with Gasteiger partial charge in [0.05, 0.1) is 20.6 Å². The predicted molar refractivity (Wildman–Crippen MR) is 176 cm³/mol. The minimum Gasteiger partial charge on any atom is -0.354 e. The van der Waals surface area contributed by atoms with Gasteiger partial charge in [0, 0.05) is 25.1 Å². The average Bonchev–Trinajstić information content (AvgIpc) is 3.03. The summed E-state index contributed by atoms with van der Waals surface area (Å²) in [4.78, 5) is 29.2. The van der Waals surface area contributed by atoms with E-state index >= 15 is 0 Å². The van der Waals surface area contributed by atoms with E-state index < -0.39 is 40.2 Å². The molecule has 0 bridgehead atoms. The van der Waals surface area contributed by atoms with Crippen molar-refractivity contribution >= 4 is 50.7 Å². The number of carbonyl (C=O) groups is 2. The van der Waals surface area contributed by atoms with Crippen molar-refractivity contribution in [2.24, 2.45) is 0 Å². The van der Waals surface area contributed by atoms with Crippen LogP contribution in [0, 0.1) is 12.7 Å². The first-order chi connectivity index (χ1) is 21.5. The fourth-order valence-corrected chi connectivity index (χ4v) is 6.64. The van der Waals surface area contributed by atoms with Crippen molar-refractivity contribution in [2.45, 2.75) is 44.2 Å². The van der Waals surface area contributed by atoms with Crippen molar-refractivity contribution in [1.29, 1.82) is 0 Å². The molecule has 1 atom stereocenters. The van der Waals surface area contributed by atoms with Crippen molar-refractivity contribution in [2.75, 3.05) is 17.4 Å². The molecule has 7 nitrogen and oxygen atoms in total. The molecule has 4 aromatic rings. The molecule has 1 N–H and O–H groups in total. The van der Waals surface area contributed by atoms with Gasteiger partial charge in [0.2, 0.25) is 11.8 Å². The van der Waals surface area contributed by atoms with Crippen LogP contribution in [0.4, 0.5) is 10.1 Å². The highest BCUT2D eigenvalue weighted by Crippen LogP contribution is 2.35. The second-order valence-electron chi connectivity index (χ2n) is 10.5. The molecule has 0 aliphatic heterocycles. The van der Waals surface area contributed by atoms with Gasteiger partial charge in [-0.25, -0.2) is 12.8 Å². The molecule has 45 heavy (non-hydrogen) atoms. The number of carbonyl (C=O) groups excluding carboxylic acids is 2. The van der Waals surface area contributed by atoms with Gasteiger partial charge in [-0.1, -0.05) is 102 Å². The predicted octanol–water partition coefficient (Wildman–Crippen LogP) is 6.80. The maximum Gasteiger partial charge on any atom is 0.264 e. The van der Waals surface area contributed by atoms with Crippen LogP contribution >= 0.6 is 23.2 Å². The van der Waals surface area contributed by atoms with Gasteiger partial charge in [0.1, 0.15) is 18.4 Å². The van der Waals surface area contributed by atoms with Crippen LogP contribution < -0.4 is 9.62 Å². The molecule has 0 radical (unpaired) electrons. The number of hydrogen-bond acceptors (Lipinski definition) is 4. The number of aryl methyl sites for hydroxylation is 1. The Morgan fingerprint density at radius 2 is 1.56 bits per heavy atom. The molecule has 0 aliphatic rings. The molecule has 0 saturated carbocycles. The summed E-state index contributed by atoms with van der Waals surface area (Å²) in [5.41, 5.74) is 1.76. The molecular weight excluding hydrogens is 636 g/mol. The standard InChI is InChI=1S/C34H34Cl2FN3O4S/c1-3-20-38-34(42)31(21-25-10-5-4-6-11-25)39(22-26-12-7-8-14-29(26)37)32(41)23-40(30-15-9-13-28(35)33(30)36)45(43,44)27-18-16-24(2)17-19-27/h4-19,31H,3,20-23H2,1-2H3,(H,38,42). The van der Waals surface area contributed by atoms with Crippen LogP contribution in [0.3, 0.4) is 0 Å². The molecule has 236 valence electrons. The first-order valence-electron chi connectivity index (χ1n) is 14.4. The van der Waals surface area contributed by atoms with Crippen LogP contribution in [-0.2, 0) is 32.6 Å². The Kier molecular flexibility index (Phi) is 11.6. The molecule has 4 aromatic carbocycles. The van der Waals surface area contributed by atoms with Gasteiger partial charge in [-0.2, -0.15) is 0 Å². The normalized spacial score (nSPS) is 11.9. The van der Waals surface area contributed by atoms with E-state index in [1.165, 1.54) is 53.4 Å². The van der Waals surface area contributed by atoms with Gasteiger partial charge in [-0.05, 0) is 49.2 Å². The topological polar surface area (TPSA) is 86.8 Å². The molecule has 1 unspecified atom stereocenters. The average molecular weight is 671 g/mol. The van der Waals surface area contributed by atoms with Gasteiger partial charge < -0.3 is 10.2 Å². The van der Waals surface area contributed by atoms with Crippen LogP contribution in [0.5, 0.6) is 0 Å². The highest BCUT2D eigenvalue weighted by Gasteiger charge is 2.35. The van der Waals surface area contributed by atoms with Crippen LogP contribution in [0.1, 0.15) is 30.0 Å². The monoisotopic (exact) mass is 669 g/mol.